The molecule has 4 rings (SSSR count). The average molecular weight is 322 g/mol. The fourth-order valence-electron chi connectivity index (χ4n) is 2.70. The second-order valence-electron chi connectivity index (χ2n) is 5.56. The zero-order valence-corrected chi connectivity index (χ0v) is 13.0. The van der Waals surface area contributed by atoms with Crippen molar-refractivity contribution in [3.8, 4) is 22.5 Å². The Kier molecular flexibility index (Phi) is 3.35. The highest BCUT2D eigenvalue weighted by Gasteiger charge is 2.15. The van der Waals surface area contributed by atoms with Crippen LogP contribution >= 0.6 is 0 Å². The summed E-state index contributed by atoms with van der Waals surface area (Å²) in [5.41, 5.74) is 9.53. The fraction of sp³-hybridized carbons (Fsp3) is 0.118. The van der Waals surface area contributed by atoms with Crippen LogP contribution in [-0.2, 0) is 13.6 Å². The summed E-state index contributed by atoms with van der Waals surface area (Å²) >= 11 is 0. The first-order chi connectivity index (χ1) is 11.7. The number of aryl methyl sites for hydroxylation is 1. The molecular weight excluding hydrogens is 307 g/mol. The molecule has 0 bridgehead atoms. The monoisotopic (exact) mass is 322 g/mol. The van der Waals surface area contributed by atoms with Crippen molar-refractivity contribution in [3.63, 3.8) is 0 Å². The normalized spacial score (nSPS) is 11.3. The SMILES string of the molecule is Cn1cc(-c2cn3nccc3c(-c3ccc(CN)cc3F)n2)cn1. The van der Waals surface area contributed by atoms with Gasteiger partial charge < -0.3 is 5.73 Å². The number of aromatic nitrogens is 5. The molecule has 120 valence electrons. The maximum atomic E-state index is 14.6. The van der Waals surface area contributed by atoms with Crippen molar-refractivity contribution in [1.82, 2.24) is 24.4 Å². The van der Waals surface area contributed by atoms with E-state index in [2.05, 4.69) is 15.2 Å². The third kappa shape index (κ3) is 2.35. The van der Waals surface area contributed by atoms with Crippen LogP contribution in [0.25, 0.3) is 28.0 Å². The molecule has 7 heteroatoms. The van der Waals surface area contributed by atoms with Gasteiger partial charge in [-0.05, 0) is 23.8 Å². The predicted octanol–water partition coefficient (Wildman–Crippen LogP) is 2.39. The average Bonchev–Trinajstić information content (AvgIpc) is 3.22. The van der Waals surface area contributed by atoms with Crippen molar-refractivity contribution < 1.29 is 4.39 Å². The summed E-state index contributed by atoms with van der Waals surface area (Å²) in [5, 5.41) is 8.43. The van der Waals surface area contributed by atoms with Crippen molar-refractivity contribution in [3.05, 3.63) is 60.4 Å². The molecule has 3 aromatic heterocycles. The van der Waals surface area contributed by atoms with Gasteiger partial charge in [-0.3, -0.25) is 4.68 Å². The lowest BCUT2D eigenvalue weighted by atomic mass is 10.1. The van der Waals surface area contributed by atoms with Crippen LogP contribution in [0.2, 0.25) is 0 Å². The van der Waals surface area contributed by atoms with Gasteiger partial charge in [0.15, 0.2) is 0 Å². The molecule has 0 fully saturated rings. The number of halogens is 1. The van der Waals surface area contributed by atoms with E-state index in [1.165, 1.54) is 6.07 Å². The number of rotatable bonds is 3. The molecule has 24 heavy (non-hydrogen) atoms. The second kappa shape index (κ2) is 5.54. The maximum absolute atomic E-state index is 14.6. The van der Waals surface area contributed by atoms with E-state index >= 15 is 0 Å². The summed E-state index contributed by atoms with van der Waals surface area (Å²) in [4.78, 5) is 4.66. The van der Waals surface area contributed by atoms with Crippen LogP contribution in [0.15, 0.2) is 49.1 Å². The molecule has 0 aliphatic carbocycles. The molecular formula is C17H15FN6. The minimum absolute atomic E-state index is 0.294. The van der Waals surface area contributed by atoms with Crippen LogP contribution in [0.4, 0.5) is 4.39 Å². The lowest BCUT2D eigenvalue weighted by Gasteiger charge is -2.09. The van der Waals surface area contributed by atoms with E-state index in [1.54, 1.807) is 27.7 Å². The maximum Gasteiger partial charge on any atom is 0.132 e. The van der Waals surface area contributed by atoms with Gasteiger partial charge in [0.05, 0.1) is 35.5 Å². The van der Waals surface area contributed by atoms with Crippen molar-refractivity contribution in [2.75, 3.05) is 0 Å². The Morgan fingerprint density at radius 2 is 2.04 bits per heavy atom. The van der Waals surface area contributed by atoms with E-state index in [0.717, 1.165) is 16.6 Å². The zero-order valence-electron chi connectivity index (χ0n) is 13.0. The number of hydrogen-bond donors (Lipinski definition) is 1. The topological polar surface area (TPSA) is 74.0 Å². The highest BCUT2D eigenvalue weighted by Crippen LogP contribution is 2.29. The van der Waals surface area contributed by atoms with E-state index in [-0.39, 0.29) is 5.82 Å². The van der Waals surface area contributed by atoms with Gasteiger partial charge in [-0.1, -0.05) is 6.07 Å². The van der Waals surface area contributed by atoms with E-state index in [0.29, 0.717) is 23.5 Å². The Morgan fingerprint density at radius 3 is 2.75 bits per heavy atom. The highest BCUT2D eigenvalue weighted by atomic mass is 19.1. The van der Waals surface area contributed by atoms with Gasteiger partial charge in [0.25, 0.3) is 0 Å². The Morgan fingerprint density at radius 1 is 1.17 bits per heavy atom. The largest absolute Gasteiger partial charge is 0.326 e. The first kappa shape index (κ1) is 14.5. The molecule has 0 radical (unpaired) electrons. The van der Waals surface area contributed by atoms with Gasteiger partial charge in [-0.15, -0.1) is 0 Å². The molecule has 0 atom stereocenters. The second-order valence-corrected chi connectivity index (χ2v) is 5.56. The molecule has 0 spiro atoms. The fourth-order valence-corrected chi connectivity index (χ4v) is 2.70. The first-order valence-corrected chi connectivity index (χ1v) is 7.48. The van der Waals surface area contributed by atoms with Gasteiger partial charge in [0, 0.05) is 30.9 Å². The summed E-state index contributed by atoms with van der Waals surface area (Å²) in [7, 11) is 1.84. The summed E-state index contributed by atoms with van der Waals surface area (Å²) in [5.74, 6) is -0.350. The minimum atomic E-state index is -0.350. The number of nitrogens with two attached hydrogens (primary N) is 1. The molecule has 0 saturated carbocycles. The van der Waals surface area contributed by atoms with Gasteiger partial charge >= 0.3 is 0 Å². The van der Waals surface area contributed by atoms with Gasteiger partial charge in [-0.2, -0.15) is 10.2 Å². The number of nitrogens with zero attached hydrogens (tertiary/aromatic N) is 5. The summed E-state index contributed by atoms with van der Waals surface area (Å²) in [6.07, 6.45) is 7.05. The van der Waals surface area contributed by atoms with Crippen molar-refractivity contribution in [2.45, 2.75) is 6.54 Å². The lowest BCUT2D eigenvalue weighted by molar-refractivity contribution is 0.628. The molecule has 6 nitrogen and oxygen atoms in total. The van der Waals surface area contributed by atoms with Crippen LogP contribution in [0.1, 0.15) is 5.56 Å². The number of fused-ring (bicyclic) bond motifs is 1. The molecule has 0 aliphatic rings. The molecule has 0 amide bonds. The Hall–Kier alpha value is -3.06. The van der Waals surface area contributed by atoms with Gasteiger partial charge in [0.1, 0.15) is 5.82 Å². The quantitative estimate of drug-likeness (QED) is 0.628. The first-order valence-electron chi connectivity index (χ1n) is 7.48. The van der Waals surface area contributed by atoms with E-state index in [1.807, 2.05) is 31.6 Å². The van der Waals surface area contributed by atoms with Gasteiger partial charge in [-0.25, -0.2) is 13.9 Å². The van der Waals surface area contributed by atoms with Crippen LogP contribution in [0.5, 0.6) is 0 Å². The minimum Gasteiger partial charge on any atom is -0.326 e. The molecule has 4 aromatic rings. The van der Waals surface area contributed by atoms with Crippen LogP contribution < -0.4 is 5.73 Å². The zero-order chi connectivity index (χ0) is 16.7. The van der Waals surface area contributed by atoms with Crippen LogP contribution in [0.3, 0.4) is 0 Å². The lowest BCUT2D eigenvalue weighted by Crippen LogP contribution is -2.00. The summed E-state index contributed by atoms with van der Waals surface area (Å²) < 4.78 is 17.9. The summed E-state index contributed by atoms with van der Waals surface area (Å²) in [6, 6.07) is 6.77. The van der Waals surface area contributed by atoms with Crippen molar-refractivity contribution in [2.24, 2.45) is 12.8 Å². The van der Waals surface area contributed by atoms with Crippen LogP contribution in [0, 0.1) is 5.82 Å². The van der Waals surface area contributed by atoms with Crippen molar-refractivity contribution >= 4 is 5.52 Å². The molecule has 3 heterocycles. The third-order valence-corrected chi connectivity index (χ3v) is 3.91. The predicted molar refractivity (Wildman–Crippen MR) is 88.5 cm³/mol. The Balaban J connectivity index is 1.95. The molecule has 2 N–H and O–H groups in total. The highest BCUT2D eigenvalue weighted by molar-refractivity contribution is 5.79. The van der Waals surface area contributed by atoms with Gasteiger partial charge in [0.2, 0.25) is 0 Å². The Bertz CT molecular complexity index is 1030. The molecule has 0 aliphatic heterocycles. The standard InChI is InChI=1S/C17H15FN6/c1-23-9-12(8-21-23)15-10-24-16(4-5-20-24)17(22-15)13-3-2-11(7-19)6-14(13)18/h2-6,8-10H,7,19H2,1H3. The number of hydrogen-bond acceptors (Lipinski definition) is 4. The van der Waals surface area contributed by atoms with E-state index in [4.69, 9.17) is 5.73 Å². The molecule has 0 saturated heterocycles. The third-order valence-electron chi connectivity index (χ3n) is 3.91. The van der Waals surface area contributed by atoms with E-state index in [9.17, 15) is 4.39 Å². The summed E-state index contributed by atoms with van der Waals surface area (Å²) in [6.45, 7) is 0.294. The van der Waals surface area contributed by atoms with Crippen molar-refractivity contribution in [1.29, 1.82) is 0 Å². The molecule has 0 unspecified atom stereocenters. The number of benzene rings is 1. The molecule has 1 aromatic carbocycles. The van der Waals surface area contributed by atoms with E-state index < -0.39 is 0 Å². The smallest absolute Gasteiger partial charge is 0.132 e. The Labute approximate surface area is 137 Å². The van der Waals surface area contributed by atoms with Crippen LogP contribution in [-0.4, -0.2) is 24.4 Å².